The Balaban J connectivity index is 1.95. The highest BCUT2D eigenvalue weighted by Crippen LogP contribution is 2.35. The highest BCUT2D eigenvalue weighted by Gasteiger charge is 2.44. The smallest absolute Gasteiger partial charge is 0.245 e. The van der Waals surface area contributed by atoms with E-state index in [0.29, 0.717) is 46.0 Å². The first kappa shape index (κ1) is 29.0. The molecule has 1 saturated heterocycles. The Morgan fingerprint density at radius 1 is 0.909 bits per heavy atom. The second-order valence-corrected chi connectivity index (χ2v) is 8.67. The lowest BCUT2D eigenvalue weighted by atomic mass is 9.80. The number of carbonyl (C=O) groups excluding carboxylic acids is 4. The molecule has 0 aromatic rings. The second-order valence-electron chi connectivity index (χ2n) is 8.67. The minimum absolute atomic E-state index is 0.0195. The Morgan fingerprint density at radius 2 is 1.48 bits per heavy atom. The van der Waals surface area contributed by atoms with Crippen LogP contribution in [0.25, 0.3) is 0 Å². The van der Waals surface area contributed by atoms with Crippen molar-refractivity contribution >= 4 is 23.6 Å². The van der Waals surface area contributed by atoms with E-state index in [1.54, 1.807) is 0 Å². The molecule has 0 spiro atoms. The van der Waals surface area contributed by atoms with Crippen molar-refractivity contribution in [2.75, 3.05) is 59.3 Å². The zero-order valence-corrected chi connectivity index (χ0v) is 20.3. The van der Waals surface area contributed by atoms with Gasteiger partial charge >= 0.3 is 0 Å². The minimum Gasteiger partial charge on any atom is -0.379 e. The van der Waals surface area contributed by atoms with Gasteiger partial charge < -0.3 is 19.5 Å². The second kappa shape index (κ2) is 15.7. The number of carbonyl (C=O) groups is 4. The van der Waals surface area contributed by atoms with Crippen LogP contribution in [0.3, 0.4) is 0 Å². The SMILES string of the molecule is CCNC(=O)CCOCCOCCOCCONC(=O)CCN1C(=O)CC(C(C)(C)C)C1=O. The summed E-state index contributed by atoms with van der Waals surface area (Å²) in [4.78, 5) is 53.7. The maximum absolute atomic E-state index is 12.4. The molecule has 1 fully saturated rings. The van der Waals surface area contributed by atoms with Crippen molar-refractivity contribution in [1.29, 1.82) is 0 Å². The molecular weight excluding hydrogens is 434 g/mol. The summed E-state index contributed by atoms with van der Waals surface area (Å²) in [6.45, 7) is 10.6. The summed E-state index contributed by atoms with van der Waals surface area (Å²) in [5.41, 5.74) is 1.99. The van der Waals surface area contributed by atoms with Crippen molar-refractivity contribution in [2.45, 2.75) is 47.0 Å². The van der Waals surface area contributed by atoms with E-state index in [1.165, 1.54) is 0 Å². The van der Waals surface area contributed by atoms with Crippen LogP contribution < -0.4 is 10.8 Å². The number of hydrogen-bond acceptors (Lipinski definition) is 8. The third kappa shape index (κ3) is 12.1. The summed E-state index contributed by atoms with van der Waals surface area (Å²) in [5.74, 6) is -1.25. The van der Waals surface area contributed by atoms with Crippen LogP contribution >= 0.6 is 0 Å². The van der Waals surface area contributed by atoms with Gasteiger partial charge in [0.1, 0.15) is 0 Å². The Hall–Kier alpha value is -2.08. The molecule has 1 rings (SSSR count). The van der Waals surface area contributed by atoms with Gasteiger partial charge in [-0.3, -0.25) is 28.9 Å². The summed E-state index contributed by atoms with van der Waals surface area (Å²) >= 11 is 0. The third-order valence-corrected chi connectivity index (χ3v) is 4.96. The molecule has 1 aliphatic rings. The molecule has 4 amide bonds. The average molecular weight is 474 g/mol. The monoisotopic (exact) mass is 473 g/mol. The fourth-order valence-corrected chi connectivity index (χ4v) is 3.08. The molecule has 33 heavy (non-hydrogen) atoms. The molecule has 0 radical (unpaired) electrons. The quantitative estimate of drug-likeness (QED) is 0.176. The summed E-state index contributed by atoms with van der Waals surface area (Å²) in [7, 11) is 0. The largest absolute Gasteiger partial charge is 0.379 e. The summed E-state index contributed by atoms with van der Waals surface area (Å²) in [6.07, 6.45) is 0.500. The van der Waals surface area contributed by atoms with Crippen LogP contribution in [-0.4, -0.2) is 87.9 Å². The van der Waals surface area contributed by atoms with Crippen LogP contribution in [0.1, 0.15) is 47.0 Å². The lowest BCUT2D eigenvalue weighted by Crippen LogP contribution is -2.37. The molecule has 1 heterocycles. The first-order valence-corrected chi connectivity index (χ1v) is 11.4. The Labute approximate surface area is 195 Å². The van der Waals surface area contributed by atoms with Crippen molar-refractivity contribution in [2.24, 2.45) is 11.3 Å². The highest BCUT2D eigenvalue weighted by molar-refractivity contribution is 6.04. The lowest BCUT2D eigenvalue weighted by molar-refractivity contribution is -0.141. The molecule has 0 aromatic heterocycles. The number of amides is 4. The van der Waals surface area contributed by atoms with Gasteiger partial charge in [-0.05, 0) is 12.3 Å². The Kier molecular flexibility index (Phi) is 13.8. The van der Waals surface area contributed by atoms with Gasteiger partial charge in [-0.2, -0.15) is 0 Å². The van der Waals surface area contributed by atoms with Crippen LogP contribution in [0.2, 0.25) is 0 Å². The zero-order valence-electron chi connectivity index (χ0n) is 20.3. The third-order valence-electron chi connectivity index (χ3n) is 4.96. The molecule has 0 aromatic carbocycles. The molecule has 1 aliphatic heterocycles. The van der Waals surface area contributed by atoms with E-state index in [2.05, 4.69) is 10.8 Å². The first-order chi connectivity index (χ1) is 15.7. The Morgan fingerprint density at radius 3 is 2.03 bits per heavy atom. The van der Waals surface area contributed by atoms with E-state index in [-0.39, 0.29) is 61.7 Å². The standard InChI is InChI=1S/C22H39N3O8/c1-5-23-18(26)7-9-30-10-11-31-12-13-32-14-15-33-24-19(27)6-8-25-20(28)16-17(21(25)29)22(2,3)4/h17H,5-16H2,1-4H3,(H,23,26)(H,24,27). The van der Waals surface area contributed by atoms with Gasteiger partial charge in [0.2, 0.25) is 23.6 Å². The molecule has 11 nitrogen and oxygen atoms in total. The molecule has 11 heteroatoms. The van der Waals surface area contributed by atoms with Gasteiger partial charge in [0.15, 0.2) is 0 Å². The number of likely N-dealkylation sites (tertiary alicyclic amines) is 1. The maximum Gasteiger partial charge on any atom is 0.245 e. The number of rotatable bonds is 17. The number of hydrogen-bond donors (Lipinski definition) is 2. The van der Waals surface area contributed by atoms with Crippen LogP contribution in [0, 0.1) is 11.3 Å². The Bertz CT molecular complexity index is 636. The van der Waals surface area contributed by atoms with E-state index >= 15 is 0 Å². The fraction of sp³-hybridized carbons (Fsp3) is 0.818. The highest BCUT2D eigenvalue weighted by atomic mass is 16.7. The van der Waals surface area contributed by atoms with Crippen LogP contribution in [0.15, 0.2) is 0 Å². The van der Waals surface area contributed by atoms with Gasteiger partial charge in [0.05, 0.1) is 52.2 Å². The molecule has 1 unspecified atom stereocenters. The van der Waals surface area contributed by atoms with E-state index in [1.807, 2.05) is 27.7 Å². The number of nitrogens with zero attached hydrogens (tertiary/aromatic N) is 1. The number of hydroxylamine groups is 1. The van der Waals surface area contributed by atoms with Crippen molar-refractivity contribution in [3.63, 3.8) is 0 Å². The first-order valence-electron chi connectivity index (χ1n) is 11.4. The molecule has 2 N–H and O–H groups in total. The predicted molar refractivity (Wildman–Crippen MR) is 119 cm³/mol. The summed E-state index contributed by atoms with van der Waals surface area (Å²) < 4.78 is 16.0. The number of imide groups is 1. The van der Waals surface area contributed by atoms with E-state index in [4.69, 9.17) is 19.0 Å². The van der Waals surface area contributed by atoms with Gasteiger partial charge in [-0.15, -0.1) is 0 Å². The normalized spacial score (nSPS) is 16.4. The van der Waals surface area contributed by atoms with Crippen molar-refractivity contribution in [1.82, 2.24) is 15.7 Å². The lowest BCUT2D eigenvalue weighted by Gasteiger charge is -2.24. The number of nitrogens with one attached hydrogen (secondary N) is 2. The number of ether oxygens (including phenoxy) is 3. The molecule has 0 aliphatic carbocycles. The van der Waals surface area contributed by atoms with Gasteiger partial charge in [-0.1, -0.05) is 20.8 Å². The summed E-state index contributed by atoms with van der Waals surface area (Å²) in [5, 5.41) is 2.69. The van der Waals surface area contributed by atoms with Crippen molar-refractivity contribution in [3.05, 3.63) is 0 Å². The average Bonchev–Trinajstić information content (AvgIpc) is 3.04. The molecule has 1 atom stereocenters. The topological polar surface area (TPSA) is 132 Å². The van der Waals surface area contributed by atoms with Crippen LogP contribution in [-0.2, 0) is 38.2 Å². The van der Waals surface area contributed by atoms with Crippen LogP contribution in [0.4, 0.5) is 0 Å². The zero-order chi connectivity index (χ0) is 24.7. The van der Waals surface area contributed by atoms with E-state index in [9.17, 15) is 19.2 Å². The molecule has 0 saturated carbocycles. The van der Waals surface area contributed by atoms with Crippen LogP contribution in [0.5, 0.6) is 0 Å². The molecule has 190 valence electrons. The molecule has 0 bridgehead atoms. The van der Waals surface area contributed by atoms with Gasteiger partial charge in [0.25, 0.3) is 0 Å². The van der Waals surface area contributed by atoms with Gasteiger partial charge in [0, 0.05) is 32.4 Å². The van der Waals surface area contributed by atoms with Gasteiger partial charge in [-0.25, -0.2) is 5.48 Å². The fourth-order valence-electron chi connectivity index (χ4n) is 3.08. The predicted octanol–water partition coefficient (Wildman–Crippen LogP) is 0.422. The maximum atomic E-state index is 12.4. The minimum atomic E-state index is -0.412. The van der Waals surface area contributed by atoms with Crippen molar-refractivity contribution in [3.8, 4) is 0 Å². The van der Waals surface area contributed by atoms with E-state index in [0.717, 1.165) is 4.90 Å². The molecular formula is C22H39N3O8. The van der Waals surface area contributed by atoms with E-state index < -0.39 is 5.91 Å². The van der Waals surface area contributed by atoms with Crippen molar-refractivity contribution < 1.29 is 38.2 Å². The summed E-state index contributed by atoms with van der Waals surface area (Å²) in [6, 6.07) is 0.